The molecular formula is C14H22N2. The van der Waals surface area contributed by atoms with Gasteiger partial charge in [0.05, 0.1) is 11.5 Å². The number of nitrogens with zero attached hydrogens (tertiary/aromatic N) is 1. The van der Waals surface area contributed by atoms with Crippen molar-refractivity contribution in [3.63, 3.8) is 0 Å². The van der Waals surface area contributed by atoms with Gasteiger partial charge in [-0.05, 0) is 44.8 Å². The summed E-state index contributed by atoms with van der Waals surface area (Å²) in [5.41, 5.74) is 10.7. The first kappa shape index (κ1) is 12.8. The van der Waals surface area contributed by atoms with Crippen molar-refractivity contribution in [1.29, 1.82) is 0 Å². The molecule has 0 aliphatic carbocycles. The molecule has 2 nitrogen and oxygen atoms in total. The highest BCUT2D eigenvalue weighted by Gasteiger charge is 2.12. The van der Waals surface area contributed by atoms with E-state index in [1.807, 2.05) is 0 Å². The third kappa shape index (κ3) is 3.37. The minimum atomic E-state index is 0.754. The standard InChI is InChI=1S/C14H22N2/c1-5-6-12(9-10(2)3)14-11(4)7-8-13(15)16-14/h6,9H,5,7-8H2,1-4H3,(H2,15,16)/b12-6+. The predicted molar refractivity (Wildman–Crippen MR) is 71.4 cm³/mol. The monoisotopic (exact) mass is 218 g/mol. The maximum Gasteiger partial charge on any atom is 0.0999 e. The molecule has 0 amide bonds. The fourth-order valence-corrected chi connectivity index (χ4v) is 1.79. The van der Waals surface area contributed by atoms with Gasteiger partial charge in [0.2, 0.25) is 0 Å². The minimum Gasteiger partial charge on any atom is -0.387 e. The van der Waals surface area contributed by atoms with E-state index in [2.05, 4.69) is 44.8 Å². The number of allylic oxidation sites excluding steroid dienone is 4. The van der Waals surface area contributed by atoms with Crippen molar-refractivity contribution in [2.24, 2.45) is 10.7 Å². The van der Waals surface area contributed by atoms with Gasteiger partial charge in [0.1, 0.15) is 0 Å². The van der Waals surface area contributed by atoms with Gasteiger partial charge in [-0.1, -0.05) is 24.6 Å². The van der Waals surface area contributed by atoms with Crippen LogP contribution >= 0.6 is 0 Å². The number of hydrogen-bond acceptors (Lipinski definition) is 2. The van der Waals surface area contributed by atoms with Crippen LogP contribution in [0.2, 0.25) is 0 Å². The lowest BCUT2D eigenvalue weighted by Gasteiger charge is -2.16. The Morgan fingerprint density at radius 2 is 2.06 bits per heavy atom. The Hall–Kier alpha value is -1.31. The third-order valence-electron chi connectivity index (χ3n) is 2.56. The maximum atomic E-state index is 5.82. The molecule has 0 fully saturated rings. The molecule has 0 bridgehead atoms. The van der Waals surface area contributed by atoms with Gasteiger partial charge < -0.3 is 5.73 Å². The molecule has 0 aromatic heterocycles. The lowest BCUT2D eigenvalue weighted by Crippen LogP contribution is -2.16. The third-order valence-corrected chi connectivity index (χ3v) is 2.56. The summed E-state index contributed by atoms with van der Waals surface area (Å²) in [6.45, 7) is 8.50. The normalized spacial score (nSPS) is 17.2. The fraction of sp³-hybridized carbons (Fsp3) is 0.500. The molecule has 0 radical (unpaired) electrons. The summed E-state index contributed by atoms with van der Waals surface area (Å²) >= 11 is 0. The Balaban J connectivity index is 3.13. The topological polar surface area (TPSA) is 38.4 Å². The van der Waals surface area contributed by atoms with Crippen molar-refractivity contribution >= 4 is 5.84 Å². The van der Waals surface area contributed by atoms with E-state index in [4.69, 9.17) is 5.73 Å². The molecule has 1 heterocycles. The van der Waals surface area contributed by atoms with Crippen LogP contribution in [0.3, 0.4) is 0 Å². The Morgan fingerprint density at radius 3 is 2.62 bits per heavy atom. The molecule has 0 spiro atoms. The number of nitrogens with two attached hydrogens (primary N) is 1. The van der Waals surface area contributed by atoms with Crippen LogP contribution in [0.4, 0.5) is 0 Å². The van der Waals surface area contributed by atoms with Crippen molar-refractivity contribution < 1.29 is 0 Å². The Morgan fingerprint density at radius 1 is 1.38 bits per heavy atom. The van der Waals surface area contributed by atoms with Gasteiger partial charge in [0, 0.05) is 6.42 Å². The van der Waals surface area contributed by atoms with E-state index in [0.717, 1.165) is 30.8 Å². The summed E-state index contributed by atoms with van der Waals surface area (Å²) in [4.78, 5) is 4.50. The summed E-state index contributed by atoms with van der Waals surface area (Å²) in [7, 11) is 0. The summed E-state index contributed by atoms with van der Waals surface area (Å²) in [6.07, 6.45) is 7.34. The smallest absolute Gasteiger partial charge is 0.0999 e. The van der Waals surface area contributed by atoms with E-state index in [1.54, 1.807) is 0 Å². The van der Waals surface area contributed by atoms with E-state index in [1.165, 1.54) is 16.7 Å². The molecule has 88 valence electrons. The summed E-state index contributed by atoms with van der Waals surface area (Å²) in [5, 5.41) is 0. The summed E-state index contributed by atoms with van der Waals surface area (Å²) in [6, 6.07) is 0. The van der Waals surface area contributed by atoms with Gasteiger partial charge in [0.25, 0.3) is 0 Å². The van der Waals surface area contributed by atoms with Crippen molar-refractivity contribution in [1.82, 2.24) is 0 Å². The summed E-state index contributed by atoms with van der Waals surface area (Å²) < 4.78 is 0. The lowest BCUT2D eigenvalue weighted by molar-refractivity contribution is 0.935. The van der Waals surface area contributed by atoms with Gasteiger partial charge in [0.15, 0.2) is 0 Å². The zero-order valence-electron chi connectivity index (χ0n) is 10.8. The zero-order chi connectivity index (χ0) is 12.1. The van der Waals surface area contributed by atoms with Crippen molar-refractivity contribution in [3.05, 3.63) is 34.6 Å². The Labute approximate surface area is 98.6 Å². The lowest BCUT2D eigenvalue weighted by atomic mass is 9.99. The number of rotatable bonds is 3. The molecule has 0 saturated carbocycles. The molecule has 0 aromatic carbocycles. The molecular weight excluding hydrogens is 196 g/mol. The largest absolute Gasteiger partial charge is 0.387 e. The molecule has 0 saturated heterocycles. The maximum absolute atomic E-state index is 5.82. The SMILES string of the molecule is CC/C=C(\C=C(C)C)C1=C(C)CCC(N)=N1. The molecule has 0 aromatic rings. The number of aliphatic imine (C=N–C) groups is 1. The number of amidine groups is 1. The number of hydrogen-bond donors (Lipinski definition) is 1. The van der Waals surface area contributed by atoms with E-state index in [0.29, 0.717) is 0 Å². The van der Waals surface area contributed by atoms with Crippen LogP contribution in [0.5, 0.6) is 0 Å². The van der Waals surface area contributed by atoms with E-state index in [-0.39, 0.29) is 0 Å². The van der Waals surface area contributed by atoms with Crippen LogP contribution < -0.4 is 5.73 Å². The average Bonchev–Trinajstić information content (AvgIpc) is 2.20. The van der Waals surface area contributed by atoms with Crippen LogP contribution in [0, 0.1) is 0 Å². The molecule has 1 aliphatic heterocycles. The van der Waals surface area contributed by atoms with E-state index < -0.39 is 0 Å². The molecule has 16 heavy (non-hydrogen) atoms. The highest BCUT2D eigenvalue weighted by Crippen LogP contribution is 2.26. The average molecular weight is 218 g/mol. The van der Waals surface area contributed by atoms with E-state index >= 15 is 0 Å². The molecule has 0 unspecified atom stereocenters. The van der Waals surface area contributed by atoms with Gasteiger partial charge in [-0.25, -0.2) is 4.99 Å². The minimum absolute atomic E-state index is 0.754. The highest BCUT2D eigenvalue weighted by molar-refractivity contribution is 5.83. The molecule has 2 N–H and O–H groups in total. The van der Waals surface area contributed by atoms with Crippen LogP contribution in [-0.4, -0.2) is 5.84 Å². The summed E-state index contributed by atoms with van der Waals surface area (Å²) in [5.74, 6) is 0.754. The van der Waals surface area contributed by atoms with Gasteiger partial charge in [-0.3, -0.25) is 0 Å². The van der Waals surface area contributed by atoms with Crippen molar-refractivity contribution in [3.8, 4) is 0 Å². The first-order valence-electron chi connectivity index (χ1n) is 5.92. The second kappa shape index (κ2) is 5.69. The van der Waals surface area contributed by atoms with Crippen LogP contribution in [0.1, 0.15) is 47.0 Å². The first-order chi connectivity index (χ1) is 7.54. The highest BCUT2D eigenvalue weighted by atomic mass is 14.9. The van der Waals surface area contributed by atoms with Gasteiger partial charge in [-0.15, -0.1) is 0 Å². The predicted octanol–water partition coefficient (Wildman–Crippen LogP) is 3.71. The van der Waals surface area contributed by atoms with Crippen LogP contribution in [0.25, 0.3) is 0 Å². The van der Waals surface area contributed by atoms with Crippen molar-refractivity contribution in [2.45, 2.75) is 47.0 Å². The molecule has 0 atom stereocenters. The van der Waals surface area contributed by atoms with E-state index in [9.17, 15) is 0 Å². The van der Waals surface area contributed by atoms with Gasteiger partial charge in [-0.2, -0.15) is 0 Å². The zero-order valence-corrected chi connectivity index (χ0v) is 10.8. The molecule has 1 aliphatic rings. The Bertz CT molecular complexity index is 378. The molecule has 2 heteroatoms. The Kier molecular flexibility index (Phi) is 4.53. The van der Waals surface area contributed by atoms with Crippen molar-refractivity contribution in [2.75, 3.05) is 0 Å². The van der Waals surface area contributed by atoms with Crippen LogP contribution in [0.15, 0.2) is 39.6 Å². The first-order valence-corrected chi connectivity index (χ1v) is 5.92. The fourth-order valence-electron chi connectivity index (χ4n) is 1.79. The quantitative estimate of drug-likeness (QED) is 0.720. The van der Waals surface area contributed by atoms with Crippen LogP contribution in [-0.2, 0) is 0 Å². The second-order valence-corrected chi connectivity index (χ2v) is 4.52. The second-order valence-electron chi connectivity index (χ2n) is 4.52. The van der Waals surface area contributed by atoms with Gasteiger partial charge >= 0.3 is 0 Å². The molecule has 1 rings (SSSR count).